The number of alkyl halides is 3. The van der Waals surface area contributed by atoms with E-state index in [1.807, 2.05) is 0 Å². The van der Waals surface area contributed by atoms with Gasteiger partial charge in [0.15, 0.2) is 0 Å². The molecule has 0 heterocycles. The summed E-state index contributed by atoms with van der Waals surface area (Å²) in [5.74, 6) is -0.714. The predicted octanol–water partition coefficient (Wildman–Crippen LogP) is 3.44. The third-order valence-corrected chi connectivity index (χ3v) is 3.14. The molecule has 9 heteroatoms. The average Bonchev–Trinajstić information content (AvgIpc) is 2.22. The number of thioether (sulfide) groups is 1. The summed E-state index contributed by atoms with van der Waals surface area (Å²) in [5.41, 5.74) is 1.86. The molecular formula is C10H11BrClF3N2OS. The van der Waals surface area contributed by atoms with Crippen molar-refractivity contribution in [1.29, 1.82) is 0 Å². The lowest BCUT2D eigenvalue weighted by Crippen LogP contribution is -2.27. The summed E-state index contributed by atoms with van der Waals surface area (Å²) in [7, 11) is 0. The number of carbonyl (C=O) groups is 1. The summed E-state index contributed by atoms with van der Waals surface area (Å²) in [6, 6.07) is 4.70. The van der Waals surface area contributed by atoms with Gasteiger partial charge in [0.2, 0.25) is 0 Å². The summed E-state index contributed by atoms with van der Waals surface area (Å²) in [6.07, 6.45) is 0. The van der Waals surface area contributed by atoms with Crippen LogP contribution in [0, 0.1) is 0 Å². The first-order chi connectivity index (χ1) is 8.29. The van der Waals surface area contributed by atoms with E-state index in [0.717, 1.165) is 4.47 Å². The number of halogens is 5. The summed E-state index contributed by atoms with van der Waals surface area (Å²) in [6.45, 7) is -0.0709. The zero-order chi connectivity index (χ0) is 13.8. The van der Waals surface area contributed by atoms with E-state index in [0.29, 0.717) is 0 Å². The van der Waals surface area contributed by atoms with Gasteiger partial charge in [-0.1, -0.05) is 15.9 Å². The van der Waals surface area contributed by atoms with Crippen molar-refractivity contribution in [3.05, 3.63) is 28.2 Å². The van der Waals surface area contributed by atoms with Crippen molar-refractivity contribution >= 4 is 51.7 Å². The van der Waals surface area contributed by atoms with E-state index < -0.39 is 11.4 Å². The van der Waals surface area contributed by atoms with Crippen LogP contribution < -0.4 is 11.1 Å². The predicted molar refractivity (Wildman–Crippen MR) is 76.6 cm³/mol. The smallest absolute Gasteiger partial charge is 0.398 e. The molecule has 108 valence electrons. The number of carbonyl (C=O) groups excluding carboxylic acids is 1. The van der Waals surface area contributed by atoms with Crippen LogP contribution in [0.15, 0.2) is 22.7 Å². The summed E-state index contributed by atoms with van der Waals surface area (Å²) < 4.78 is 36.2. The zero-order valence-corrected chi connectivity index (χ0v) is 12.7. The van der Waals surface area contributed by atoms with E-state index >= 15 is 0 Å². The van der Waals surface area contributed by atoms with Crippen LogP contribution in [0.2, 0.25) is 0 Å². The van der Waals surface area contributed by atoms with Crippen LogP contribution in [0.4, 0.5) is 18.9 Å². The highest BCUT2D eigenvalue weighted by Gasteiger charge is 2.27. The number of nitrogen functional groups attached to an aromatic ring is 1. The van der Waals surface area contributed by atoms with Crippen LogP contribution in [0.1, 0.15) is 10.4 Å². The second-order valence-electron chi connectivity index (χ2n) is 3.28. The topological polar surface area (TPSA) is 55.1 Å². The highest BCUT2D eigenvalue weighted by Crippen LogP contribution is 2.29. The third kappa shape index (κ3) is 6.93. The molecule has 0 aliphatic rings. The van der Waals surface area contributed by atoms with Crippen molar-refractivity contribution in [2.75, 3.05) is 18.0 Å². The largest absolute Gasteiger partial charge is 0.441 e. The lowest BCUT2D eigenvalue weighted by Gasteiger charge is -2.08. The third-order valence-electron chi connectivity index (χ3n) is 1.91. The Morgan fingerprint density at radius 1 is 1.42 bits per heavy atom. The van der Waals surface area contributed by atoms with Crippen molar-refractivity contribution in [2.24, 2.45) is 0 Å². The first-order valence-electron chi connectivity index (χ1n) is 4.83. The zero-order valence-electron chi connectivity index (χ0n) is 9.46. The number of hydrogen-bond acceptors (Lipinski definition) is 3. The number of benzene rings is 1. The van der Waals surface area contributed by atoms with E-state index in [2.05, 4.69) is 21.2 Å². The van der Waals surface area contributed by atoms with Crippen molar-refractivity contribution in [2.45, 2.75) is 5.51 Å². The number of nitrogens with one attached hydrogen (secondary N) is 1. The van der Waals surface area contributed by atoms with Gasteiger partial charge in [0.05, 0.1) is 5.56 Å². The van der Waals surface area contributed by atoms with Crippen LogP contribution in [0.5, 0.6) is 0 Å². The van der Waals surface area contributed by atoms with E-state index in [9.17, 15) is 18.0 Å². The fourth-order valence-electron chi connectivity index (χ4n) is 1.17. The molecule has 1 aromatic carbocycles. The molecule has 0 aromatic heterocycles. The van der Waals surface area contributed by atoms with Crippen LogP contribution in [-0.2, 0) is 0 Å². The van der Waals surface area contributed by atoms with Crippen molar-refractivity contribution in [3.8, 4) is 0 Å². The summed E-state index contributed by atoms with van der Waals surface area (Å²) >= 11 is 3.01. The van der Waals surface area contributed by atoms with Gasteiger partial charge in [0.25, 0.3) is 5.91 Å². The lowest BCUT2D eigenvalue weighted by molar-refractivity contribution is -0.0327. The van der Waals surface area contributed by atoms with Gasteiger partial charge in [-0.25, -0.2) is 0 Å². The number of nitrogens with two attached hydrogens (primary N) is 1. The van der Waals surface area contributed by atoms with E-state index in [-0.39, 0.29) is 47.7 Å². The Balaban J connectivity index is 0.00000324. The average molecular weight is 380 g/mol. The van der Waals surface area contributed by atoms with Gasteiger partial charge in [0.1, 0.15) is 0 Å². The van der Waals surface area contributed by atoms with Crippen molar-refractivity contribution in [3.63, 3.8) is 0 Å². The monoisotopic (exact) mass is 378 g/mol. The highest BCUT2D eigenvalue weighted by molar-refractivity contribution is 9.10. The molecule has 19 heavy (non-hydrogen) atoms. The molecule has 1 rings (SSSR count). The maximum atomic E-state index is 11.8. The highest BCUT2D eigenvalue weighted by atomic mass is 79.9. The van der Waals surface area contributed by atoms with Crippen molar-refractivity contribution < 1.29 is 18.0 Å². The van der Waals surface area contributed by atoms with Gasteiger partial charge in [-0.2, -0.15) is 13.2 Å². The minimum absolute atomic E-state index is 0. The van der Waals surface area contributed by atoms with Gasteiger partial charge < -0.3 is 11.1 Å². The quantitative estimate of drug-likeness (QED) is 0.622. The van der Waals surface area contributed by atoms with Gasteiger partial charge in [0, 0.05) is 22.5 Å². The molecule has 3 nitrogen and oxygen atoms in total. The number of anilines is 1. The van der Waals surface area contributed by atoms with E-state index in [1.165, 1.54) is 6.07 Å². The van der Waals surface area contributed by atoms with Crippen LogP contribution in [0.3, 0.4) is 0 Å². The second-order valence-corrected chi connectivity index (χ2v) is 5.36. The van der Waals surface area contributed by atoms with Gasteiger partial charge in [-0.15, -0.1) is 12.4 Å². The molecule has 0 saturated carbocycles. The molecule has 0 aliphatic heterocycles. The fourth-order valence-corrected chi connectivity index (χ4v) is 1.98. The Hall–Kier alpha value is -0.600. The number of rotatable bonds is 4. The summed E-state index contributed by atoms with van der Waals surface area (Å²) in [5, 5.41) is 2.38. The molecule has 0 saturated heterocycles. The Labute approximate surface area is 127 Å². The lowest BCUT2D eigenvalue weighted by atomic mass is 10.2. The first kappa shape index (κ1) is 18.4. The summed E-state index contributed by atoms with van der Waals surface area (Å²) in [4.78, 5) is 11.6. The van der Waals surface area contributed by atoms with Crippen LogP contribution in [-0.4, -0.2) is 23.7 Å². The molecule has 0 bridgehead atoms. The molecule has 0 fully saturated rings. The second kappa shape index (κ2) is 7.86. The van der Waals surface area contributed by atoms with E-state index in [1.54, 1.807) is 12.1 Å². The Morgan fingerprint density at radius 2 is 2.05 bits per heavy atom. The normalized spacial score (nSPS) is 10.7. The number of hydrogen-bond donors (Lipinski definition) is 2. The SMILES string of the molecule is Cl.Nc1cc(Br)ccc1C(=O)NCCSC(F)(F)F. The first-order valence-corrected chi connectivity index (χ1v) is 6.61. The van der Waals surface area contributed by atoms with Crippen LogP contribution in [0.25, 0.3) is 0 Å². The minimum atomic E-state index is -4.28. The Kier molecular flexibility index (Phi) is 7.61. The van der Waals surface area contributed by atoms with Crippen LogP contribution >= 0.6 is 40.1 Å². The Morgan fingerprint density at radius 3 is 2.58 bits per heavy atom. The van der Waals surface area contributed by atoms with Gasteiger partial charge in [-0.05, 0) is 30.0 Å². The molecule has 3 N–H and O–H groups in total. The van der Waals surface area contributed by atoms with Gasteiger partial charge >= 0.3 is 5.51 Å². The van der Waals surface area contributed by atoms with E-state index in [4.69, 9.17) is 5.73 Å². The Bertz CT molecular complexity index is 445. The molecule has 1 aromatic rings. The molecule has 0 atom stereocenters. The molecule has 1 amide bonds. The van der Waals surface area contributed by atoms with Gasteiger partial charge in [-0.3, -0.25) is 4.79 Å². The maximum Gasteiger partial charge on any atom is 0.441 e. The number of amides is 1. The maximum absolute atomic E-state index is 11.8. The molecule has 0 spiro atoms. The fraction of sp³-hybridized carbons (Fsp3) is 0.300. The molecular weight excluding hydrogens is 369 g/mol. The molecule has 0 unspecified atom stereocenters. The van der Waals surface area contributed by atoms with Crippen molar-refractivity contribution in [1.82, 2.24) is 5.32 Å². The minimum Gasteiger partial charge on any atom is -0.398 e. The molecule has 0 aliphatic carbocycles. The molecule has 0 radical (unpaired) electrons. The standard InChI is InChI=1S/C10H10BrF3N2OS.ClH/c11-6-1-2-7(8(15)5-6)9(17)16-3-4-18-10(12,13)14;/h1-2,5H,3-4,15H2,(H,16,17);1H.